The van der Waals surface area contributed by atoms with Gasteiger partial charge in [-0.05, 0) is 86.6 Å². The van der Waals surface area contributed by atoms with Crippen molar-refractivity contribution in [3.05, 3.63) is 145 Å². The molecule has 1 N–H and O–H groups in total. The minimum absolute atomic E-state index is 0.151. The summed E-state index contributed by atoms with van der Waals surface area (Å²) in [6.45, 7) is 6.13. The van der Waals surface area contributed by atoms with Crippen LogP contribution >= 0.6 is 11.6 Å². The Morgan fingerprint density at radius 3 is 1.60 bits per heavy atom. The van der Waals surface area contributed by atoms with E-state index in [1.165, 1.54) is 7.94 Å². The van der Waals surface area contributed by atoms with E-state index in [1.807, 2.05) is 88.9 Å². The molecule has 2 saturated heterocycles. The summed E-state index contributed by atoms with van der Waals surface area (Å²) in [5.41, 5.74) is 8.69. The van der Waals surface area contributed by atoms with Gasteiger partial charge in [-0.3, -0.25) is 9.36 Å². The largest absolute Gasteiger partial charge is 0.497 e. The Morgan fingerprint density at radius 2 is 1.12 bits per heavy atom. The van der Waals surface area contributed by atoms with Crippen LogP contribution in [0.1, 0.15) is 11.1 Å². The predicted octanol–water partition coefficient (Wildman–Crippen LogP) is 9.75. The number of aromatic nitrogens is 10. The molecule has 0 saturated carbocycles. The maximum absolute atomic E-state index is 14.3. The number of H-pyrrole nitrogens is 1. The van der Waals surface area contributed by atoms with Crippen molar-refractivity contribution >= 4 is 97.3 Å². The average molecular weight is 1090 g/mol. The first kappa shape index (κ1) is 49.8. The molecule has 392 valence electrons. The van der Waals surface area contributed by atoms with E-state index in [0.717, 1.165) is 79.1 Å². The van der Waals surface area contributed by atoms with Crippen molar-refractivity contribution in [2.24, 2.45) is 14.1 Å². The van der Waals surface area contributed by atoms with Gasteiger partial charge in [0.15, 0.2) is 11.3 Å². The number of nitrogens with one attached hydrogen (secondary N) is 1. The summed E-state index contributed by atoms with van der Waals surface area (Å²) in [5, 5.41) is 13.6. The van der Waals surface area contributed by atoms with E-state index in [1.54, 1.807) is 96.9 Å². The van der Waals surface area contributed by atoms with Crippen LogP contribution in [-0.2, 0) is 50.2 Å². The summed E-state index contributed by atoms with van der Waals surface area (Å²) >= 11 is 5.27. The van der Waals surface area contributed by atoms with Crippen molar-refractivity contribution in [2.45, 2.75) is 42.4 Å². The standard InChI is InChI=1S/C28H25N5O4S.C25H21N5O3S.C3H5ClO/c1-17-4-7-21(8-5-17)38(34,35)33-26(11-23-27-18(12-29-28(23)33)13-30-31(27)2)24-15-32(14-20-16-37-20)25-9-6-19(36-3)10-22(24)25;1-15-4-7-18(8-5-15)34(31,32)30-23(21-14-26-22-9-6-17(33-3)10-19(21)22)11-20-24-16(12-27-25(20)30)13-28-29(24)2;4-1-3-2-5-3/h4-13,15,20H,14,16H2,1-3H3;4-14,26H,1-3H3;3H,1-2H2. The molecule has 8 aromatic heterocycles. The molecule has 2 unspecified atom stereocenters. The molecule has 77 heavy (non-hydrogen) atoms. The van der Waals surface area contributed by atoms with Crippen molar-refractivity contribution in [1.82, 2.24) is 47.0 Å². The Hall–Kier alpha value is -8.01. The van der Waals surface area contributed by atoms with Crippen LogP contribution in [0.5, 0.6) is 11.5 Å². The van der Waals surface area contributed by atoms with Crippen LogP contribution in [0.15, 0.2) is 144 Å². The van der Waals surface area contributed by atoms with Crippen LogP contribution in [-0.4, -0.2) is 109 Å². The highest BCUT2D eigenvalue weighted by atomic mass is 35.5. The van der Waals surface area contributed by atoms with Gasteiger partial charge < -0.3 is 28.5 Å². The highest BCUT2D eigenvalue weighted by Crippen LogP contribution is 2.41. The summed E-state index contributed by atoms with van der Waals surface area (Å²) in [7, 11) is -1.06. The van der Waals surface area contributed by atoms with Gasteiger partial charge in [0, 0.05) is 93.4 Å². The fraction of sp³-hybridized carbons (Fsp3) is 0.214. The molecule has 2 atom stereocenters. The van der Waals surface area contributed by atoms with E-state index in [0.29, 0.717) is 63.5 Å². The average Bonchev–Trinajstić information content (AvgIpc) is 4.33. The number of aromatic amines is 1. The van der Waals surface area contributed by atoms with Crippen LogP contribution in [0.4, 0.5) is 0 Å². The van der Waals surface area contributed by atoms with Gasteiger partial charge in [-0.1, -0.05) is 35.4 Å². The number of nitrogens with zero attached hydrogens (tertiary/aromatic N) is 9. The third-order valence-electron chi connectivity index (χ3n) is 14.0. The van der Waals surface area contributed by atoms with Crippen LogP contribution < -0.4 is 9.47 Å². The van der Waals surface area contributed by atoms with Crippen molar-refractivity contribution in [3.63, 3.8) is 0 Å². The SMILES string of the molecule is COc1ccc2[nH]cc(-c3cc4c5c(cnc4n3S(=O)(=O)c3ccc(C)cc3)cnn5C)c2c1.COc1ccc2c(c1)c(-c1cc3c4c(cnc3n1S(=O)(=O)c1ccc(C)cc1)cnn4C)cn2CC1CO1.ClCC1CO1. The lowest BCUT2D eigenvalue weighted by molar-refractivity contribution is 0.385. The van der Waals surface area contributed by atoms with Gasteiger partial charge in [-0.15, -0.1) is 11.6 Å². The number of hydrogen-bond donors (Lipinski definition) is 1. The second-order valence-corrected chi connectivity index (χ2v) is 23.0. The molecule has 12 aromatic rings. The van der Waals surface area contributed by atoms with Crippen LogP contribution in [0, 0.1) is 13.8 Å². The van der Waals surface area contributed by atoms with Crippen molar-refractivity contribution in [1.29, 1.82) is 0 Å². The molecule has 2 fully saturated rings. The number of aryl methyl sites for hydroxylation is 4. The van der Waals surface area contributed by atoms with E-state index in [-0.39, 0.29) is 15.9 Å². The molecule has 10 heterocycles. The number of alkyl halides is 1. The molecular weight excluding hydrogens is 1040 g/mol. The first-order valence-electron chi connectivity index (χ1n) is 24.6. The summed E-state index contributed by atoms with van der Waals surface area (Å²) in [6, 6.07) is 29.0. The Bertz CT molecular complexity index is 4490. The van der Waals surface area contributed by atoms with Crippen LogP contribution in [0.2, 0.25) is 0 Å². The molecule has 4 aromatic carbocycles. The highest BCUT2D eigenvalue weighted by molar-refractivity contribution is 7.90. The maximum atomic E-state index is 14.3. The predicted molar refractivity (Wildman–Crippen MR) is 297 cm³/mol. The number of epoxide rings is 2. The van der Waals surface area contributed by atoms with E-state index in [9.17, 15) is 16.8 Å². The van der Waals surface area contributed by atoms with Gasteiger partial charge in [0.05, 0.1) is 96.7 Å². The minimum atomic E-state index is -4.01. The zero-order valence-electron chi connectivity index (χ0n) is 42.7. The van der Waals surface area contributed by atoms with Crippen molar-refractivity contribution < 1.29 is 35.8 Å². The van der Waals surface area contributed by atoms with Gasteiger partial charge in [-0.2, -0.15) is 10.2 Å². The third-order valence-corrected chi connectivity index (χ3v) is 17.8. The van der Waals surface area contributed by atoms with Crippen molar-refractivity contribution in [3.8, 4) is 34.0 Å². The second-order valence-electron chi connectivity index (χ2n) is 19.1. The lowest BCUT2D eigenvalue weighted by Crippen LogP contribution is -2.14. The fourth-order valence-corrected chi connectivity index (χ4v) is 12.9. The minimum Gasteiger partial charge on any atom is -0.497 e. The molecule has 14 rings (SSSR count). The number of fused-ring (bicyclic) bond motifs is 8. The molecule has 21 heteroatoms. The Kier molecular flexibility index (Phi) is 12.4. The molecule has 0 bridgehead atoms. The van der Waals surface area contributed by atoms with E-state index < -0.39 is 20.0 Å². The Labute approximate surface area is 447 Å². The summed E-state index contributed by atoms with van der Waals surface area (Å²) < 4.78 is 86.1. The molecule has 2 aliphatic heterocycles. The fourth-order valence-electron chi connectivity index (χ4n) is 9.82. The summed E-state index contributed by atoms with van der Waals surface area (Å²) in [5.74, 6) is 2.04. The topological polar surface area (TPSA) is 204 Å². The molecule has 0 spiro atoms. The third kappa shape index (κ3) is 8.84. The Morgan fingerprint density at radius 1 is 0.623 bits per heavy atom. The van der Waals surface area contributed by atoms with Gasteiger partial charge in [0.2, 0.25) is 0 Å². The second kappa shape index (κ2) is 19.2. The first-order chi connectivity index (χ1) is 37.2. The van der Waals surface area contributed by atoms with Gasteiger partial charge in [0.25, 0.3) is 20.0 Å². The summed E-state index contributed by atoms with van der Waals surface area (Å²) in [4.78, 5) is 12.8. The lowest BCUT2D eigenvalue weighted by Gasteiger charge is -2.12. The lowest BCUT2D eigenvalue weighted by atomic mass is 10.1. The molecule has 2 aliphatic rings. The van der Waals surface area contributed by atoms with Gasteiger partial charge in [-0.25, -0.2) is 34.7 Å². The molecule has 0 radical (unpaired) electrons. The molecule has 0 aliphatic carbocycles. The zero-order chi connectivity index (χ0) is 53.5. The quantitative estimate of drug-likeness (QED) is 0.0950. The van der Waals surface area contributed by atoms with Crippen molar-refractivity contribution in [2.75, 3.05) is 33.3 Å². The molecule has 18 nitrogen and oxygen atoms in total. The van der Waals surface area contributed by atoms with Crippen LogP contribution in [0.25, 0.3) is 88.2 Å². The van der Waals surface area contributed by atoms with E-state index in [4.69, 9.17) is 30.5 Å². The maximum Gasteiger partial charge on any atom is 0.269 e. The number of halogens is 1. The van der Waals surface area contributed by atoms with Gasteiger partial charge in [0.1, 0.15) is 11.5 Å². The number of ether oxygens (including phenoxy) is 4. The Balaban J connectivity index is 0.000000142. The number of pyridine rings is 2. The monoisotopic (exact) mass is 1090 g/mol. The van der Waals surface area contributed by atoms with E-state index in [2.05, 4.69) is 29.7 Å². The zero-order valence-corrected chi connectivity index (χ0v) is 45.1. The number of methoxy groups -OCH3 is 2. The first-order valence-corrected chi connectivity index (χ1v) is 28.0. The van der Waals surface area contributed by atoms with Gasteiger partial charge >= 0.3 is 0 Å². The van der Waals surface area contributed by atoms with E-state index >= 15 is 0 Å². The molecular formula is C56H51ClN10O8S2. The highest BCUT2D eigenvalue weighted by Gasteiger charge is 2.31. The van der Waals surface area contributed by atoms with Crippen LogP contribution in [0.3, 0.4) is 0 Å². The smallest absolute Gasteiger partial charge is 0.269 e. The number of hydrogen-bond acceptors (Lipinski definition) is 12. The number of benzene rings is 4. The number of rotatable bonds is 11. The molecule has 0 amide bonds. The normalized spacial score (nSPS) is 15.3. The summed E-state index contributed by atoms with van der Waals surface area (Å²) in [6.07, 6.45) is 11.2.